The van der Waals surface area contributed by atoms with Crippen LogP contribution in [-0.4, -0.2) is 75.2 Å². The maximum absolute atomic E-state index is 12.1. The highest BCUT2D eigenvalue weighted by atomic mass is 35.5. The lowest BCUT2D eigenvalue weighted by Gasteiger charge is -2.29. The number of hydrogen-bond donors (Lipinski definition) is 1. The summed E-state index contributed by atoms with van der Waals surface area (Å²) in [5.74, 6) is 0.915. The fourth-order valence-electron chi connectivity index (χ4n) is 3.20. The van der Waals surface area contributed by atoms with Crippen molar-refractivity contribution in [3.63, 3.8) is 0 Å². The zero-order valence-corrected chi connectivity index (χ0v) is 15.2. The number of halogens is 2. The number of nitrogens with zero attached hydrogens (tertiary/aromatic N) is 2. The molecule has 132 valence electrons. The van der Waals surface area contributed by atoms with Gasteiger partial charge in [0, 0.05) is 33.3 Å². The minimum absolute atomic E-state index is 0. The second-order valence-corrected chi connectivity index (χ2v) is 6.03. The number of nitrogens with one attached hydrogen (secondary N) is 1. The molecule has 0 aromatic heterocycles. The van der Waals surface area contributed by atoms with E-state index in [-0.39, 0.29) is 30.7 Å². The normalized spacial score (nSPS) is 22.0. The van der Waals surface area contributed by atoms with E-state index in [1.54, 1.807) is 7.11 Å². The van der Waals surface area contributed by atoms with Crippen LogP contribution in [0, 0.1) is 5.92 Å². The summed E-state index contributed by atoms with van der Waals surface area (Å²) >= 11 is 0. The zero-order chi connectivity index (χ0) is 14.2. The summed E-state index contributed by atoms with van der Waals surface area (Å²) < 4.78 is 4.96. The molecule has 22 heavy (non-hydrogen) atoms. The van der Waals surface area contributed by atoms with Crippen molar-refractivity contribution < 1.29 is 9.53 Å². The second-order valence-electron chi connectivity index (χ2n) is 6.03. The van der Waals surface area contributed by atoms with E-state index in [0.717, 1.165) is 19.6 Å². The number of carbonyl (C=O) groups is 1. The molecule has 2 aliphatic heterocycles. The minimum Gasteiger partial charge on any atom is -0.383 e. The molecule has 1 atom stereocenters. The van der Waals surface area contributed by atoms with Crippen LogP contribution in [0.15, 0.2) is 0 Å². The van der Waals surface area contributed by atoms with Crippen molar-refractivity contribution in [2.75, 3.05) is 59.5 Å². The first-order chi connectivity index (χ1) is 9.79. The van der Waals surface area contributed by atoms with Gasteiger partial charge in [0.05, 0.1) is 13.2 Å². The Morgan fingerprint density at radius 1 is 1.18 bits per heavy atom. The lowest BCUT2D eigenvalue weighted by Crippen LogP contribution is -2.39. The van der Waals surface area contributed by atoms with Gasteiger partial charge in [0.15, 0.2) is 0 Å². The van der Waals surface area contributed by atoms with E-state index >= 15 is 0 Å². The SMILES string of the molecule is COCCNCC(=O)N1CCC(CN2CCCCC2)C1.Cl.Cl. The van der Waals surface area contributed by atoms with Gasteiger partial charge in [-0.3, -0.25) is 4.79 Å². The number of ether oxygens (including phenoxy) is 1. The van der Waals surface area contributed by atoms with E-state index in [1.807, 2.05) is 4.90 Å². The summed E-state index contributed by atoms with van der Waals surface area (Å²) in [4.78, 5) is 16.7. The van der Waals surface area contributed by atoms with Gasteiger partial charge in [0.1, 0.15) is 0 Å². The third-order valence-electron chi connectivity index (χ3n) is 4.36. The van der Waals surface area contributed by atoms with Crippen molar-refractivity contribution in [3.05, 3.63) is 0 Å². The van der Waals surface area contributed by atoms with Crippen molar-refractivity contribution in [2.24, 2.45) is 5.92 Å². The monoisotopic (exact) mass is 355 g/mol. The molecule has 1 amide bonds. The quantitative estimate of drug-likeness (QED) is 0.701. The Balaban J connectivity index is 0.00000220. The number of piperidine rings is 1. The van der Waals surface area contributed by atoms with Crippen LogP contribution in [-0.2, 0) is 9.53 Å². The van der Waals surface area contributed by atoms with Crippen LogP contribution in [0.2, 0.25) is 0 Å². The molecule has 2 fully saturated rings. The van der Waals surface area contributed by atoms with Gasteiger partial charge in [-0.05, 0) is 38.3 Å². The van der Waals surface area contributed by atoms with Crippen molar-refractivity contribution in [1.82, 2.24) is 15.1 Å². The van der Waals surface area contributed by atoms with Crippen molar-refractivity contribution >= 4 is 30.7 Å². The molecule has 2 aliphatic rings. The summed E-state index contributed by atoms with van der Waals surface area (Å²) in [6.07, 6.45) is 5.25. The number of carbonyl (C=O) groups excluding carboxylic acids is 1. The molecule has 0 bridgehead atoms. The number of methoxy groups -OCH3 is 1. The van der Waals surface area contributed by atoms with Crippen LogP contribution in [0.4, 0.5) is 0 Å². The Morgan fingerprint density at radius 3 is 2.59 bits per heavy atom. The van der Waals surface area contributed by atoms with Gasteiger partial charge in [-0.2, -0.15) is 0 Å². The third-order valence-corrected chi connectivity index (χ3v) is 4.36. The lowest BCUT2D eigenvalue weighted by atomic mass is 10.1. The predicted octanol–water partition coefficient (Wildman–Crippen LogP) is 1.40. The first kappa shape index (κ1) is 21.9. The van der Waals surface area contributed by atoms with E-state index in [2.05, 4.69) is 10.2 Å². The predicted molar refractivity (Wildman–Crippen MR) is 94.2 cm³/mol. The minimum atomic E-state index is 0. The van der Waals surface area contributed by atoms with Gasteiger partial charge in [-0.15, -0.1) is 24.8 Å². The molecule has 1 N–H and O–H groups in total. The van der Waals surface area contributed by atoms with Gasteiger partial charge >= 0.3 is 0 Å². The van der Waals surface area contributed by atoms with Crippen LogP contribution in [0.5, 0.6) is 0 Å². The van der Waals surface area contributed by atoms with Crippen molar-refractivity contribution in [1.29, 1.82) is 0 Å². The molecule has 1 unspecified atom stereocenters. The summed E-state index contributed by atoms with van der Waals surface area (Å²) in [6, 6.07) is 0. The van der Waals surface area contributed by atoms with Crippen molar-refractivity contribution in [2.45, 2.75) is 25.7 Å². The van der Waals surface area contributed by atoms with Gasteiger partial charge in [-0.25, -0.2) is 0 Å². The Morgan fingerprint density at radius 2 is 1.91 bits per heavy atom. The number of likely N-dealkylation sites (tertiary alicyclic amines) is 2. The summed E-state index contributed by atoms with van der Waals surface area (Å²) in [7, 11) is 1.68. The Hall–Kier alpha value is -0.0700. The fourth-order valence-corrected chi connectivity index (χ4v) is 3.20. The largest absolute Gasteiger partial charge is 0.383 e. The maximum atomic E-state index is 12.1. The van der Waals surface area contributed by atoms with E-state index in [4.69, 9.17) is 4.74 Å². The number of hydrogen-bond acceptors (Lipinski definition) is 4. The topological polar surface area (TPSA) is 44.8 Å². The molecule has 0 saturated carbocycles. The molecule has 0 aromatic rings. The smallest absolute Gasteiger partial charge is 0.236 e. The van der Waals surface area contributed by atoms with Gasteiger partial charge in [-0.1, -0.05) is 6.42 Å². The van der Waals surface area contributed by atoms with Crippen LogP contribution in [0.1, 0.15) is 25.7 Å². The molecule has 0 spiro atoms. The van der Waals surface area contributed by atoms with E-state index in [9.17, 15) is 4.79 Å². The van der Waals surface area contributed by atoms with Gasteiger partial charge < -0.3 is 19.9 Å². The standard InChI is InChI=1S/C15H29N3O2.2ClH/c1-20-10-6-16-11-15(19)18-9-5-14(13-18)12-17-7-3-2-4-8-17;;/h14,16H,2-13H2,1H3;2*1H. The average molecular weight is 356 g/mol. The number of amides is 1. The first-order valence-electron chi connectivity index (χ1n) is 7.99. The summed E-state index contributed by atoms with van der Waals surface area (Å²) in [6.45, 7) is 7.41. The van der Waals surface area contributed by atoms with Crippen molar-refractivity contribution in [3.8, 4) is 0 Å². The highest BCUT2D eigenvalue weighted by Crippen LogP contribution is 2.19. The molecular weight excluding hydrogens is 325 g/mol. The Kier molecular flexibility index (Phi) is 12.3. The third kappa shape index (κ3) is 7.47. The van der Waals surface area contributed by atoms with Crippen LogP contribution in [0.3, 0.4) is 0 Å². The molecule has 0 aliphatic carbocycles. The molecule has 2 rings (SSSR count). The first-order valence-corrected chi connectivity index (χ1v) is 7.99. The molecule has 2 heterocycles. The molecule has 5 nitrogen and oxygen atoms in total. The highest BCUT2D eigenvalue weighted by Gasteiger charge is 2.27. The fraction of sp³-hybridized carbons (Fsp3) is 0.933. The van der Waals surface area contributed by atoms with Crippen LogP contribution >= 0.6 is 24.8 Å². The molecule has 0 aromatic carbocycles. The summed E-state index contributed by atoms with van der Waals surface area (Å²) in [5.41, 5.74) is 0. The lowest BCUT2D eigenvalue weighted by molar-refractivity contribution is -0.129. The molecule has 0 radical (unpaired) electrons. The molecular formula is C15H31Cl2N3O2. The second kappa shape index (κ2) is 12.4. The van der Waals surface area contributed by atoms with E-state index in [1.165, 1.54) is 45.3 Å². The summed E-state index contributed by atoms with van der Waals surface area (Å²) in [5, 5.41) is 3.13. The van der Waals surface area contributed by atoms with Crippen LogP contribution < -0.4 is 5.32 Å². The highest BCUT2D eigenvalue weighted by molar-refractivity contribution is 5.85. The van der Waals surface area contributed by atoms with Gasteiger partial charge in [0.25, 0.3) is 0 Å². The number of rotatable bonds is 7. The molecule has 7 heteroatoms. The average Bonchev–Trinajstić information content (AvgIpc) is 2.93. The Labute approximate surface area is 146 Å². The van der Waals surface area contributed by atoms with E-state index < -0.39 is 0 Å². The Bertz CT molecular complexity index is 303. The molecule has 2 saturated heterocycles. The van der Waals surface area contributed by atoms with Crippen LogP contribution in [0.25, 0.3) is 0 Å². The van der Waals surface area contributed by atoms with Gasteiger partial charge in [0.2, 0.25) is 5.91 Å². The zero-order valence-electron chi connectivity index (χ0n) is 13.6. The maximum Gasteiger partial charge on any atom is 0.236 e. The van der Waals surface area contributed by atoms with E-state index in [0.29, 0.717) is 19.1 Å².